The summed E-state index contributed by atoms with van der Waals surface area (Å²) in [6, 6.07) is 8.47. The fraction of sp³-hybridized carbons (Fsp3) is 0.471. The van der Waals surface area contributed by atoms with E-state index in [4.69, 9.17) is 4.52 Å². The molecule has 1 aromatic heterocycles. The van der Waals surface area contributed by atoms with E-state index in [1.807, 2.05) is 7.05 Å². The molecule has 1 aliphatic rings. The van der Waals surface area contributed by atoms with Gasteiger partial charge in [-0.05, 0) is 18.1 Å². The summed E-state index contributed by atoms with van der Waals surface area (Å²) in [6.07, 6.45) is 1.74. The SMILES string of the molecule is CN=C(NCCc1nc(C(C)C)no1)N1CCc2ccccc21. The minimum atomic E-state index is 0.286. The summed E-state index contributed by atoms with van der Waals surface area (Å²) in [6.45, 7) is 5.78. The first-order valence-corrected chi connectivity index (χ1v) is 8.07. The lowest BCUT2D eigenvalue weighted by Crippen LogP contribution is -2.41. The minimum Gasteiger partial charge on any atom is -0.355 e. The molecule has 1 aromatic carbocycles. The van der Waals surface area contributed by atoms with E-state index in [9.17, 15) is 0 Å². The zero-order chi connectivity index (χ0) is 16.2. The number of hydrogen-bond donors (Lipinski definition) is 1. The summed E-state index contributed by atoms with van der Waals surface area (Å²) in [4.78, 5) is 11.0. The van der Waals surface area contributed by atoms with Crippen LogP contribution in [0.4, 0.5) is 5.69 Å². The van der Waals surface area contributed by atoms with Crippen molar-refractivity contribution >= 4 is 11.6 Å². The number of para-hydroxylation sites is 1. The molecule has 6 heteroatoms. The van der Waals surface area contributed by atoms with Gasteiger partial charge in [-0.15, -0.1) is 0 Å². The number of benzene rings is 1. The fourth-order valence-electron chi connectivity index (χ4n) is 2.74. The Morgan fingerprint density at radius 3 is 2.96 bits per heavy atom. The molecule has 0 fully saturated rings. The van der Waals surface area contributed by atoms with Crippen LogP contribution < -0.4 is 10.2 Å². The minimum absolute atomic E-state index is 0.286. The first-order chi connectivity index (χ1) is 11.2. The average Bonchev–Trinajstić information content (AvgIpc) is 3.19. The Kier molecular flexibility index (Phi) is 4.60. The first-order valence-electron chi connectivity index (χ1n) is 8.07. The smallest absolute Gasteiger partial charge is 0.228 e. The number of anilines is 1. The van der Waals surface area contributed by atoms with Crippen molar-refractivity contribution in [3.05, 3.63) is 41.5 Å². The molecule has 0 bridgehead atoms. The normalized spacial score (nSPS) is 14.4. The van der Waals surface area contributed by atoms with Crippen LogP contribution in [0, 0.1) is 0 Å². The van der Waals surface area contributed by atoms with Crippen molar-refractivity contribution < 1.29 is 4.52 Å². The van der Waals surface area contributed by atoms with Crippen molar-refractivity contribution in [2.24, 2.45) is 4.99 Å². The number of aromatic nitrogens is 2. The highest BCUT2D eigenvalue weighted by Gasteiger charge is 2.22. The second-order valence-electron chi connectivity index (χ2n) is 5.96. The summed E-state index contributed by atoms with van der Waals surface area (Å²) in [5.41, 5.74) is 2.61. The highest BCUT2D eigenvalue weighted by Crippen LogP contribution is 2.27. The molecule has 0 radical (unpaired) electrons. The van der Waals surface area contributed by atoms with Gasteiger partial charge in [-0.2, -0.15) is 4.98 Å². The zero-order valence-electron chi connectivity index (χ0n) is 13.9. The van der Waals surface area contributed by atoms with E-state index in [0.29, 0.717) is 18.9 Å². The lowest BCUT2D eigenvalue weighted by Gasteiger charge is -2.22. The van der Waals surface area contributed by atoms with Crippen molar-refractivity contribution in [2.75, 3.05) is 25.0 Å². The third kappa shape index (κ3) is 3.36. The number of nitrogens with zero attached hydrogens (tertiary/aromatic N) is 4. The lowest BCUT2D eigenvalue weighted by molar-refractivity contribution is 0.371. The number of guanidine groups is 1. The van der Waals surface area contributed by atoms with Gasteiger partial charge < -0.3 is 14.7 Å². The van der Waals surface area contributed by atoms with Crippen LogP contribution in [0.2, 0.25) is 0 Å². The molecular weight excluding hydrogens is 290 g/mol. The van der Waals surface area contributed by atoms with E-state index in [0.717, 1.165) is 24.7 Å². The van der Waals surface area contributed by atoms with Gasteiger partial charge in [-0.3, -0.25) is 4.99 Å². The maximum Gasteiger partial charge on any atom is 0.228 e. The summed E-state index contributed by atoms with van der Waals surface area (Å²) >= 11 is 0. The molecule has 122 valence electrons. The Balaban J connectivity index is 1.58. The van der Waals surface area contributed by atoms with Gasteiger partial charge in [0.05, 0.1) is 0 Å². The summed E-state index contributed by atoms with van der Waals surface area (Å²) in [5.74, 6) is 2.60. The van der Waals surface area contributed by atoms with Gasteiger partial charge in [0.2, 0.25) is 5.89 Å². The molecule has 0 aliphatic carbocycles. The molecular formula is C17H23N5O. The summed E-state index contributed by atoms with van der Waals surface area (Å²) in [7, 11) is 1.81. The van der Waals surface area contributed by atoms with Crippen LogP contribution in [0.25, 0.3) is 0 Å². The summed E-state index contributed by atoms with van der Waals surface area (Å²) in [5, 5.41) is 7.37. The van der Waals surface area contributed by atoms with E-state index in [2.05, 4.69) is 63.5 Å². The van der Waals surface area contributed by atoms with Gasteiger partial charge in [0.1, 0.15) is 0 Å². The standard InChI is InChI=1S/C17H23N5O/c1-12(2)16-20-15(23-21-16)8-10-19-17(18-3)22-11-9-13-6-4-5-7-14(13)22/h4-7,12H,8-11H2,1-3H3,(H,18,19). The molecule has 2 aromatic rings. The van der Waals surface area contributed by atoms with Crippen LogP contribution in [0.3, 0.4) is 0 Å². The Labute approximate surface area is 136 Å². The molecule has 1 aliphatic heterocycles. The Hall–Kier alpha value is -2.37. The van der Waals surface area contributed by atoms with Crippen molar-refractivity contribution in [3.63, 3.8) is 0 Å². The van der Waals surface area contributed by atoms with Gasteiger partial charge in [0.25, 0.3) is 0 Å². The van der Waals surface area contributed by atoms with Gasteiger partial charge >= 0.3 is 0 Å². The first kappa shape index (κ1) is 15.5. The topological polar surface area (TPSA) is 66.5 Å². The number of nitrogens with one attached hydrogen (secondary N) is 1. The van der Waals surface area contributed by atoms with Crippen molar-refractivity contribution in [1.29, 1.82) is 0 Å². The molecule has 3 rings (SSSR count). The van der Waals surface area contributed by atoms with Crippen LogP contribution in [0.15, 0.2) is 33.8 Å². The molecule has 0 saturated heterocycles. The van der Waals surface area contributed by atoms with Crippen LogP contribution in [-0.2, 0) is 12.8 Å². The van der Waals surface area contributed by atoms with E-state index in [1.165, 1.54) is 11.3 Å². The Morgan fingerprint density at radius 2 is 2.22 bits per heavy atom. The van der Waals surface area contributed by atoms with Gasteiger partial charge in [0, 0.05) is 38.2 Å². The lowest BCUT2D eigenvalue weighted by atomic mass is 10.2. The molecule has 0 amide bonds. The zero-order valence-corrected chi connectivity index (χ0v) is 13.9. The van der Waals surface area contributed by atoms with Crippen molar-refractivity contribution in [1.82, 2.24) is 15.5 Å². The molecule has 23 heavy (non-hydrogen) atoms. The second-order valence-corrected chi connectivity index (χ2v) is 5.96. The molecule has 2 heterocycles. The van der Waals surface area contributed by atoms with Crippen LogP contribution in [-0.4, -0.2) is 36.2 Å². The van der Waals surface area contributed by atoms with E-state index < -0.39 is 0 Å². The monoisotopic (exact) mass is 313 g/mol. The molecule has 0 saturated carbocycles. The van der Waals surface area contributed by atoms with Gasteiger partial charge in [-0.25, -0.2) is 0 Å². The van der Waals surface area contributed by atoms with Gasteiger partial charge in [0.15, 0.2) is 11.8 Å². The third-order valence-electron chi connectivity index (χ3n) is 3.98. The number of fused-ring (bicyclic) bond motifs is 1. The average molecular weight is 313 g/mol. The molecule has 0 spiro atoms. The number of aliphatic imine (C=N–C) groups is 1. The number of hydrogen-bond acceptors (Lipinski definition) is 4. The maximum absolute atomic E-state index is 5.27. The van der Waals surface area contributed by atoms with Crippen LogP contribution in [0.1, 0.15) is 37.0 Å². The van der Waals surface area contributed by atoms with Crippen LogP contribution >= 0.6 is 0 Å². The third-order valence-corrected chi connectivity index (χ3v) is 3.98. The molecule has 0 atom stereocenters. The molecule has 0 unspecified atom stereocenters. The fourth-order valence-corrected chi connectivity index (χ4v) is 2.74. The van der Waals surface area contributed by atoms with E-state index in [-0.39, 0.29) is 5.92 Å². The Morgan fingerprint density at radius 1 is 1.39 bits per heavy atom. The number of rotatable bonds is 4. The van der Waals surface area contributed by atoms with Crippen molar-refractivity contribution in [2.45, 2.75) is 32.6 Å². The maximum atomic E-state index is 5.27. The Bertz CT molecular complexity index is 692. The second kappa shape index (κ2) is 6.81. The van der Waals surface area contributed by atoms with Gasteiger partial charge in [-0.1, -0.05) is 37.2 Å². The predicted molar refractivity (Wildman–Crippen MR) is 90.9 cm³/mol. The van der Waals surface area contributed by atoms with E-state index >= 15 is 0 Å². The summed E-state index contributed by atoms with van der Waals surface area (Å²) < 4.78 is 5.27. The molecule has 6 nitrogen and oxygen atoms in total. The predicted octanol–water partition coefficient (Wildman–Crippen LogP) is 2.37. The van der Waals surface area contributed by atoms with Crippen molar-refractivity contribution in [3.8, 4) is 0 Å². The highest BCUT2D eigenvalue weighted by atomic mass is 16.5. The molecule has 1 N–H and O–H groups in total. The van der Waals surface area contributed by atoms with Crippen LogP contribution in [0.5, 0.6) is 0 Å². The highest BCUT2D eigenvalue weighted by molar-refractivity contribution is 5.97. The quantitative estimate of drug-likeness (QED) is 0.693. The largest absolute Gasteiger partial charge is 0.355 e. The van der Waals surface area contributed by atoms with E-state index in [1.54, 1.807) is 0 Å².